The molecule has 1 aromatic heterocycles. The molecule has 8 heteroatoms. The SMILES string of the molecule is CCOc1ccc2nc(NC(=O)CCCOc3ccc(Br)cc3Cl)sc2c1. The van der Waals surface area contributed by atoms with Gasteiger partial charge in [-0.2, -0.15) is 0 Å². The van der Waals surface area contributed by atoms with E-state index in [0.717, 1.165) is 20.4 Å². The molecule has 0 atom stereocenters. The number of aromatic nitrogens is 1. The molecule has 1 N–H and O–H groups in total. The van der Waals surface area contributed by atoms with Crippen LogP contribution in [0.2, 0.25) is 5.02 Å². The van der Waals surface area contributed by atoms with Gasteiger partial charge in [-0.1, -0.05) is 38.9 Å². The summed E-state index contributed by atoms with van der Waals surface area (Å²) in [6, 6.07) is 11.1. The molecule has 5 nitrogen and oxygen atoms in total. The van der Waals surface area contributed by atoms with Gasteiger partial charge in [-0.3, -0.25) is 4.79 Å². The largest absolute Gasteiger partial charge is 0.494 e. The van der Waals surface area contributed by atoms with Gasteiger partial charge in [0.15, 0.2) is 5.13 Å². The lowest BCUT2D eigenvalue weighted by atomic mass is 10.3. The molecule has 0 bridgehead atoms. The van der Waals surface area contributed by atoms with Crippen LogP contribution in [0.15, 0.2) is 40.9 Å². The number of thiazole rings is 1. The zero-order chi connectivity index (χ0) is 19.2. The number of carbonyl (C=O) groups excluding carboxylic acids is 1. The molecule has 0 saturated carbocycles. The van der Waals surface area contributed by atoms with Gasteiger partial charge in [-0.15, -0.1) is 0 Å². The third-order valence-corrected chi connectivity index (χ3v) is 5.34. The number of benzene rings is 2. The summed E-state index contributed by atoms with van der Waals surface area (Å²) in [7, 11) is 0. The molecule has 3 aromatic rings. The number of rotatable bonds is 8. The van der Waals surface area contributed by atoms with Crippen LogP contribution in [-0.4, -0.2) is 24.1 Å². The lowest BCUT2D eigenvalue weighted by Crippen LogP contribution is -2.12. The molecule has 0 saturated heterocycles. The van der Waals surface area contributed by atoms with Crippen LogP contribution in [0.4, 0.5) is 5.13 Å². The predicted molar refractivity (Wildman–Crippen MR) is 113 cm³/mol. The summed E-state index contributed by atoms with van der Waals surface area (Å²) >= 11 is 10.9. The normalized spacial score (nSPS) is 10.8. The number of hydrogen-bond acceptors (Lipinski definition) is 5. The third-order valence-electron chi connectivity index (χ3n) is 3.62. The minimum absolute atomic E-state index is 0.0930. The Hall–Kier alpha value is -1.83. The molecule has 0 spiro atoms. The van der Waals surface area contributed by atoms with Gasteiger partial charge in [0.1, 0.15) is 11.5 Å². The van der Waals surface area contributed by atoms with Crippen molar-refractivity contribution in [2.75, 3.05) is 18.5 Å². The van der Waals surface area contributed by atoms with Crippen molar-refractivity contribution in [3.8, 4) is 11.5 Å². The van der Waals surface area contributed by atoms with E-state index in [9.17, 15) is 4.79 Å². The average molecular weight is 470 g/mol. The Morgan fingerprint density at radius 1 is 1.26 bits per heavy atom. The monoisotopic (exact) mass is 468 g/mol. The average Bonchev–Trinajstić information content (AvgIpc) is 3.02. The van der Waals surface area contributed by atoms with Crippen LogP contribution in [0.1, 0.15) is 19.8 Å². The van der Waals surface area contributed by atoms with Gasteiger partial charge in [-0.25, -0.2) is 4.98 Å². The highest BCUT2D eigenvalue weighted by Gasteiger charge is 2.09. The van der Waals surface area contributed by atoms with Gasteiger partial charge < -0.3 is 14.8 Å². The summed E-state index contributed by atoms with van der Waals surface area (Å²) in [6.45, 7) is 2.96. The second kappa shape index (κ2) is 9.39. The first-order valence-electron chi connectivity index (χ1n) is 8.46. The Balaban J connectivity index is 1.48. The van der Waals surface area contributed by atoms with E-state index >= 15 is 0 Å². The first-order chi connectivity index (χ1) is 13.0. The Labute approximate surface area is 174 Å². The predicted octanol–water partition coefficient (Wildman–Crippen LogP) is 5.91. The fraction of sp³-hybridized carbons (Fsp3) is 0.263. The van der Waals surface area contributed by atoms with E-state index in [1.54, 1.807) is 12.1 Å². The smallest absolute Gasteiger partial charge is 0.226 e. The lowest BCUT2D eigenvalue weighted by Gasteiger charge is -2.08. The molecule has 1 amide bonds. The van der Waals surface area contributed by atoms with E-state index in [-0.39, 0.29) is 5.91 Å². The zero-order valence-electron chi connectivity index (χ0n) is 14.6. The fourth-order valence-corrected chi connectivity index (χ4v) is 4.04. The maximum absolute atomic E-state index is 12.1. The first-order valence-corrected chi connectivity index (χ1v) is 10.4. The third kappa shape index (κ3) is 5.57. The van der Waals surface area contributed by atoms with Gasteiger partial charge >= 0.3 is 0 Å². The summed E-state index contributed by atoms with van der Waals surface area (Å²) in [5, 5.41) is 3.96. The molecule has 1 heterocycles. The van der Waals surface area contributed by atoms with E-state index in [1.807, 2.05) is 31.2 Å². The Kier molecular flexibility index (Phi) is 6.93. The maximum Gasteiger partial charge on any atom is 0.226 e. The number of anilines is 1. The van der Waals surface area contributed by atoms with Gasteiger partial charge in [0.25, 0.3) is 0 Å². The minimum atomic E-state index is -0.0930. The van der Waals surface area contributed by atoms with Crippen molar-refractivity contribution >= 4 is 60.1 Å². The van der Waals surface area contributed by atoms with Crippen molar-refractivity contribution in [3.05, 3.63) is 45.9 Å². The van der Waals surface area contributed by atoms with Crippen LogP contribution in [0.5, 0.6) is 11.5 Å². The molecule has 3 rings (SSSR count). The van der Waals surface area contributed by atoms with Crippen molar-refractivity contribution in [1.82, 2.24) is 4.98 Å². The molecular formula is C19H18BrClN2O3S. The number of halogens is 2. The second-order valence-electron chi connectivity index (χ2n) is 5.66. The van der Waals surface area contributed by atoms with E-state index < -0.39 is 0 Å². The lowest BCUT2D eigenvalue weighted by molar-refractivity contribution is -0.116. The number of ether oxygens (including phenoxy) is 2. The van der Waals surface area contributed by atoms with Gasteiger partial charge in [0.05, 0.1) is 28.5 Å². The summed E-state index contributed by atoms with van der Waals surface area (Å²) in [6.07, 6.45) is 0.922. The fourth-order valence-electron chi connectivity index (χ4n) is 2.40. The van der Waals surface area contributed by atoms with Crippen molar-refractivity contribution in [2.45, 2.75) is 19.8 Å². The molecule has 0 aliphatic carbocycles. The molecule has 0 unspecified atom stereocenters. The second-order valence-corrected chi connectivity index (χ2v) is 8.01. The molecule has 0 fully saturated rings. The number of fused-ring (bicyclic) bond motifs is 1. The van der Waals surface area contributed by atoms with Crippen molar-refractivity contribution < 1.29 is 14.3 Å². The first kappa shape index (κ1) is 19.9. The molecule has 0 aliphatic rings. The Morgan fingerprint density at radius 2 is 2.11 bits per heavy atom. The molecule has 27 heavy (non-hydrogen) atoms. The Bertz CT molecular complexity index is 948. The number of nitrogens with zero attached hydrogens (tertiary/aromatic N) is 1. The number of nitrogens with one attached hydrogen (secondary N) is 1. The molecule has 0 radical (unpaired) electrons. The van der Waals surface area contributed by atoms with Crippen LogP contribution in [0, 0.1) is 0 Å². The molecule has 2 aromatic carbocycles. The van der Waals surface area contributed by atoms with E-state index in [1.165, 1.54) is 11.3 Å². The topological polar surface area (TPSA) is 60.5 Å². The van der Waals surface area contributed by atoms with Crippen LogP contribution in [-0.2, 0) is 4.79 Å². The van der Waals surface area contributed by atoms with Crippen molar-refractivity contribution in [2.24, 2.45) is 0 Å². The van der Waals surface area contributed by atoms with Gasteiger partial charge in [0, 0.05) is 10.9 Å². The van der Waals surface area contributed by atoms with Crippen LogP contribution in [0.3, 0.4) is 0 Å². The molecule has 142 valence electrons. The van der Waals surface area contributed by atoms with E-state index in [2.05, 4.69) is 26.2 Å². The zero-order valence-corrected chi connectivity index (χ0v) is 17.8. The van der Waals surface area contributed by atoms with Crippen LogP contribution >= 0.6 is 38.9 Å². The van der Waals surface area contributed by atoms with E-state index in [0.29, 0.717) is 42.0 Å². The van der Waals surface area contributed by atoms with Gasteiger partial charge in [-0.05, 0) is 49.7 Å². The Morgan fingerprint density at radius 3 is 2.89 bits per heavy atom. The summed E-state index contributed by atoms with van der Waals surface area (Å²) < 4.78 is 13.0. The highest BCUT2D eigenvalue weighted by molar-refractivity contribution is 9.10. The summed E-state index contributed by atoms with van der Waals surface area (Å²) in [4.78, 5) is 16.6. The van der Waals surface area contributed by atoms with Gasteiger partial charge in [0.2, 0.25) is 5.91 Å². The van der Waals surface area contributed by atoms with Crippen LogP contribution < -0.4 is 14.8 Å². The van der Waals surface area contributed by atoms with Crippen molar-refractivity contribution in [3.63, 3.8) is 0 Å². The molecule has 0 aliphatic heterocycles. The summed E-state index contributed by atoms with van der Waals surface area (Å²) in [5.74, 6) is 1.32. The minimum Gasteiger partial charge on any atom is -0.494 e. The highest BCUT2D eigenvalue weighted by atomic mass is 79.9. The number of amides is 1. The van der Waals surface area contributed by atoms with Crippen LogP contribution in [0.25, 0.3) is 10.2 Å². The summed E-state index contributed by atoms with van der Waals surface area (Å²) in [5.41, 5.74) is 0.840. The quantitative estimate of drug-likeness (QED) is 0.417. The molecular weight excluding hydrogens is 452 g/mol. The van der Waals surface area contributed by atoms with Crippen molar-refractivity contribution in [1.29, 1.82) is 0 Å². The number of hydrogen-bond donors (Lipinski definition) is 1. The highest BCUT2D eigenvalue weighted by Crippen LogP contribution is 2.30. The van der Waals surface area contributed by atoms with E-state index in [4.69, 9.17) is 21.1 Å². The standard InChI is InChI=1S/C19H18BrClN2O3S/c1-2-25-13-6-7-15-17(11-13)27-19(22-15)23-18(24)4-3-9-26-16-8-5-12(20)10-14(16)21/h5-8,10-11H,2-4,9H2,1H3,(H,22,23,24). The maximum atomic E-state index is 12.1. The number of carbonyl (C=O) groups is 1.